The Kier molecular flexibility index (Phi) is 6.91. The average molecular weight is 492 g/mol. The third-order valence-corrected chi connectivity index (χ3v) is 7.57. The van der Waals surface area contributed by atoms with Crippen LogP contribution >= 0.6 is 0 Å². The van der Waals surface area contributed by atoms with Crippen molar-refractivity contribution < 1.29 is 4.79 Å². The predicted molar refractivity (Wildman–Crippen MR) is 147 cm³/mol. The summed E-state index contributed by atoms with van der Waals surface area (Å²) in [7, 11) is 0. The number of anilines is 1. The molecule has 0 radical (unpaired) electrons. The van der Waals surface area contributed by atoms with E-state index in [1.54, 1.807) is 0 Å². The van der Waals surface area contributed by atoms with Gasteiger partial charge in [-0.2, -0.15) is 0 Å². The lowest BCUT2D eigenvalue weighted by molar-refractivity contribution is -0.118. The maximum atomic E-state index is 12.3. The summed E-state index contributed by atoms with van der Waals surface area (Å²) in [5, 5.41) is 0. The van der Waals surface area contributed by atoms with Gasteiger partial charge < -0.3 is 4.90 Å². The molecule has 6 rings (SSSR count). The first kappa shape index (κ1) is 23.7. The van der Waals surface area contributed by atoms with Gasteiger partial charge in [-0.3, -0.25) is 19.7 Å². The minimum atomic E-state index is 0.353. The standard InChI is InChI=1S/C31H33N5O/c37-28(11-7-23-3-4-23)18-24-5-8-26(9-6-24)27-10-12-29-30(19-27)34-31(21-33-29)36-16-14-35(15-17-36)22-25-2-1-13-32-20-25/h1-2,5-6,8-10,12-13,19-21,23H,3-4,7,11,14-18,22H2. The SMILES string of the molecule is O=C(CCC1CC1)Cc1ccc(-c2ccc3ncc(N4CCN(Cc5cccnc5)CC4)nc3c2)cc1. The zero-order valence-corrected chi connectivity index (χ0v) is 21.2. The number of Topliss-reactive ketones (excluding diaryl/α,β-unsaturated/α-hetero) is 1. The number of hydrogen-bond acceptors (Lipinski definition) is 6. The molecule has 1 saturated carbocycles. The van der Waals surface area contributed by atoms with Crippen molar-refractivity contribution in [1.29, 1.82) is 0 Å². The normalized spacial score (nSPS) is 16.3. The lowest BCUT2D eigenvalue weighted by Crippen LogP contribution is -2.46. The second kappa shape index (κ2) is 10.8. The van der Waals surface area contributed by atoms with E-state index in [0.717, 1.165) is 85.0 Å². The molecule has 1 aliphatic carbocycles. The van der Waals surface area contributed by atoms with Gasteiger partial charge in [-0.25, -0.2) is 4.98 Å². The predicted octanol–water partition coefficient (Wildman–Crippen LogP) is 5.32. The van der Waals surface area contributed by atoms with Crippen LogP contribution in [0.2, 0.25) is 0 Å². The van der Waals surface area contributed by atoms with Gasteiger partial charge in [0.05, 0.1) is 17.2 Å². The average Bonchev–Trinajstić information content (AvgIpc) is 3.78. The molecule has 0 bridgehead atoms. The van der Waals surface area contributed by atoms with E-state index in [-0.39, 0.29) is 0 Å². The van der Waals surface area contributed by atoms with Gasteiger partial charge in [-0.15, -0.1) is 0 Å². The van der Waals surface area contributed by atoms with Crippen LogP contribution in [-0.4, -0.2) is 51.8 Å². The van der Waals surface area contributed by atoms with Crippen molar-refractivity contribution >= 4 is 22.6 Å². The number of carbonyl (C=O) groups excluding carboxylic acids is 1. The Balaban J connectivity index is 1.10. The van der Waals surface area contributed by atoms with Crippen LogP contribution in [0.4, 0.5) is 5.82 Å². The summed E-state index contributed by atoms with van der Waals surface area (Å²) < 4.78 is 0. The highest BCUT2D eigenvalue weighted by molar-refractivity contribution is 5.83. The Labute approximate surface area is 218 Å². The minimum Gasteiger partial charge on any atom is -0.353 e. The number of rotatable bonds is 9. The second-order valence-corrected chi connectivity index (χ2v) is 10.5. The monoisotopic (exact) mass is 491 g/mol. The summed E-state index contributed by atoms with van der Waals surface area (Å²) in [5.41, 5.74) is 6.41. The minimum absolute atomic E-state index is 0.353. The van der Waals surface area contributed by atoms with Crippen LogP contribution in [0.1, 0.15) is 36.8 Å². The molecular weight excluding hydrogens is 458 g/mol. The quantitative estimate of drug-likeness (QED) is 0.316. The van der Waals surface area contributed by atoms with Crippen molar-refractivity contribution in [2.75, 3.05) is 31.1 Å². The van der Waals surface area contributed by atoms with Gasteiger partial charge >= 0.3 is 0 Å². The van der Waals surface area contributed by atoms with Gasteiger partial charge in [0.1, 0.15) is 11.6 Å². The summed E-state index contributed by atoms with van der Waals surface area (Å²) in [6, 6.07) is 18.8. The number of nitrogens with zero attached hydrogens (tertiary/aromatic N) is 5. The second-order valence-electron chi connectivity index (χ2n) is 10.5. The third-order valence-electron chi connectivity index (χ3n) is 7.57. The van der Waals surface area contributed by atoms with E-state index in [1.165, 1.54) is 18.4 Å². The van der Waals surface area contributed by atoms with Crippen LogP contribution in [0.5, 0.6) is 0 Å². The molecule has 2 fully saturated rings. The van der Waals surface area contributed by atoms with E-state index in [9.17, 15) is 4.79 Å². The van der Waals surface area contributed by atoms with Crippen LogP contribution < -0.4 is 4.90 Å². The molecule has 37 heavy (non-hydrogen) atoms. The lowest BCUT2D eigenvalue weighted by atomic mass is 10.00. The molecule has 0 amide bonds. The smallest absolute Gasteiger partial charge is 0.147 e. The zero-order valence-electron chi connectivity index (χ0n) is 21.2. The fourth-order valence-corrected chi connectivity index (χ4v) is 5.12. The van der Waals surface area contributed by atoms with Gasteiger partial charge in [-0.1, -0.05) is 49.2 Å². The summed E-state index contributed by atoms with van der Waals surface area (Å²) in [6.45, 7) is 4.78. The zero-order chi connectivity index (χ0) is 25.0. The van der Waals surface area contributed by atoms with Crippen molar-refractivity contribution in [2.45, 2.75) is 38.6 Å². The van der Waals surface area contributed by atoms with Crippen molar-refractivity contribution in [3.63, 3.8) is 0 Å². The highest BCUT2D eigenvalue weighted by Crippen LogP contribution is 2.33. The molecule has 6 heteroatoms. The number of hydrogen-bond donors (Lipinski definition) is 0. The van der Waals surface area contributed by atoms with Crippen LogP contribution in [-0.2, 0) is 17.8 Å². The fourth-order valence-electron chi connectivity index (χ4n) is 5.12. The summed E-state index contributed by atoms with van der Waals surface area (Å²) in [5.74, 6) is 2.10. The van der Waals surface area contributed by atoms with Gasteiger partial charge in [-0.05, 0) is 52.8 Å². The number of aromatic nitrogens is 3. The van der Waals surface area contributed by atoms with E-state index in [1.807, 2.05) is 30.7 Å². The van der Waals surface area contributed by atoms with Crippen LogP contribution in [0, 0.1) is 5.92 Å². The molecule has 2 aromatic heterocycles. The highest BCUT2D eigenvalue weighted by Gasteiger charge is 2.22. The van der Waals surface area contributed by atoms with E-state index in [4.69, 9.17) is 9.97 Å². The molecule has 3 heterocycles. The Bertz CT molecular complexity index is 1360. The number of benzene rings is 2. The summed E-state index contributed by atoms with van der Waals surface area (Å²) >= 11 is 0. The van der Waals surface area contributed by atoms with Crippen LogP contribution in [0.15, 0.2) is 73.2 Å². The van der Waals surface area contributed by atoms with Crippen molar-refractivity contribution in [3.8, 4) is 11.1 Å². The largest absolute Gasteiger partial charge is 0.353 e. The van der Waals surface area contributed by atoms with Gasteiger partial charge in [0.25, 0.3) is 0 Å². The molecule has 0 N–H and O–H groups in total. The molecule has 1 saturated heterocycles. The first-order valence-electron chi connectivity index (χ1n) is 13.4. The van der Waals surface area contributed by atoms with Crippen molar-refractivity contribution in [3.05, 3.63) is 84.3 Å². The first-order valence-corrected chi connectivity index (χ1v) is 13.4. The van der Waals surface area contributed by atoms with Gasteiger partial charge in [0.15, 0.2) is 0 Å². The number of fused-ring (bicyclic) bond motifs is 1. The molecule has 188 valence electrons. The Hall–Kier alpha value is -3.64. The van der Waals surface area contributed by atoms with E-state index in [2.05, 4.69) is 57.2 Å². The summed E-state index contributed by atoms with van der Waals surface area (Å²) in [6.07, 6.45) is 10.6. The van der Waals surface area contributed by atoms with Crippen LogP contribution in [0.3, 0.4) is 0 Å². The molecule has 6 nitrogen and oxygen atoms in total. The number of pyridine rings is 1. The Morgan fingerprint density at radius 3 is 2.43 bits per heavy atom. The Morgan fingerprint density at radius 2 is 1.68 bits per heavy atom. The molecular formula is C31H33N5O. The van der Waals surface area contributed by atoms with Gasteiger partial charge in [0.2, 0.25) is 0 Å². The van der Waals surface area contributed by atoms with E-state index < -0.39 is 0 Å². The molecule has 0 atom stereocenters. The first-order chi connectivity index (χ1) is 18.2. The highest BCUT2D eigenvalue weighted by atomic mass is 16.1. The molecule has 1 aliphatic heterocycles. The topological polar surface area (TPSA) is 62.2 Å². The maximum absolute atomic E-state index is 12.3. The van der Waals surface area contributed by atoms with Crippen molar-refractivity contribution in [2.24, 2.45) is 5.92 Å². The molecule has 4 aromatic rings. The van der Waals surface area contributed by atoms with Crippen molar-refractivity contribution in [1.82, 2.24) is 19.9 Å². The lowest BCUT2D eigenvalue weighted by Gasteiger charge is -2.35. The molecule has 2 aliphatic rings. The molecule has 2 aromatic carbocycles. The fraction of sp³-hybridized carbons (Fsp3) is 0.355. The van der Waals surface area contributed by atoms with Gasteiger partial charge in [0, 0.05) is 58.0 Å². The third kappa shape index (κ3) is 6.03. The number of piperazine rings is 1. The number of ketones is 1. The van der Waals surface area contributed by atoms with Crippen LogP contribution in [0.25, 0.3) is 22.2 Å². The number of carbonyl (C=O) groups is 1. The van der Waals surface area contributed by atoms with E-state index >= 15 is 0 Å². The maximum Gasteiger partial charge on any atom is 0.147 e. The summed E-state index contributed by atoms with van der Waals surface area (Å²) in [4.78, 5) is 31.0. The molecule has 0 unspecified atom stereocenters. The molecule has 0 spiro atoms. The van der Waals surface area contributed by atoms with E-state index in [0.29, 0.717) is 12.2 Å². The Morgan fingerprint density at radius 1 is 0.865 bits per heavy atom.